The summed E-state index contributed by atoms with van der Waals surface area (Å²) in [5.74, 6) is 0.971. The summed E-state index contributed by atoms with van der Waals surface area (Å²) in [7, 11) is 0. The van der Waals surface area contributed by atoms with Crippen LogP contribution in [0.3, 0.4) is 0 Å². The van der Waals surface area contributed by atoms with Gasteiger partial charge in [-0.15, -0.1) is 0 Å². The van der Waals surface area contributed by atoms with Crippen molar-refractivity contribution in [3.8, 4) is 0 Å². The van der Waals surface area contributed by atoms with Gasteiger partial charge in [-0.25, -0.2) is 4.98 Å². The lowest BCUT2D eigenvalue weighted by Gasteiger charge is -2.16. The van der Waals surface area contributed by atoms with Crippen LogP contribution in [0.4, 0.5) is 5.69 Å². The van der Waals surface area contributed by atoms with Gasteiger partial charge in [-0.1, -0.05) is 17.7 Å². The number of aryl methyl sites for hydroxylation is 5. The lowest BCUT2D eigenvalue weighted by molar-refractivity contribution is -0.116. The predicted molar refractivity (Wildman–Crippen MR) is 92.9 cm³/mol. The summed E-state index contributed by atoms with van der Waals surface area (Å²) in [6.07, 6.45) is 4.47. The first-order chi connectivity index (χ1) is 11.0. The van der Waals surface area contributed by atoms with Gasteiger partial charge in [0.25, 0.3) is 0 Å². The maximum Gasteiger partial charge on any atom is 0.244 e. The molecule has 23 heavy (non-hydrogen) atoms. The molecule has 1 aromatic carbocycles. The van der Waals surface area contributed by atoms with Crippen LogP contribution in [0.15, 0.2) is 12.1 Å². The monoisotopic (exact) mass is 311 g/mol. The van der Waals surface area contributed by atoms with E-state index in [-0.39, 0.29) is 5.91 Å². The number of nitrogens with zero attached hydrogens (tertiary/aromatic N) is 2. The van der Waals surface area contributed by atoms with E-state index < -0.39 is 0 Å². The number of rotatable bonds is 3. The number of carbonyl (C=O) groups excluding carboxylic acids is 1. The Hall–Kier alpha value is -2.10. The zero-order valence-corrected chi connectivity index (χ0v) is 14.5. The van der Waals surface area contributed by atoms with E-state index in [0.717, 1.165) is 35.5 Å². The van der Waals surface area contributed by atoms with E-state index in [1.165, 1.54) is 29.8 Å². The predicted octanol–water partition coefficient (Wildman–Crippen LogP) is 3.63. The number of benzene rings is 1. The molecular formula is C19H25N3O. The summed E-state index contributed by atoms with van der Waals surface area (Å²) in [5, 5.41) is 3.09. The molecule has 4 nitrogen and oxygen atoms in total. The van der Waals surface area contributed by atoms with Crippen molar-refractivity contribution in [2.45, 2.75) is 59.9 Å². The molecule has 1 aliphatic carbocycles. The average molecular weight is 311 g/mol. The Morgan fingerprint density at radius 1 is 1.13 bits per heavy atom. The number of amides is 1. The first kappa shape index (κ1) is 15.8. The van der Waals surface area contributed by atoms with Crippen molar-refractivity contribution in [2.24, 2.45) is 0 Å². The lowest BCUT2D eigenvalue weighted by atomic mass is 10.0. The highest BCUT2D eigenvalue weighted by Crippen LogP contribution is 2.24. The average Bonchev–Trinajstić information content (AvgIpc) is 2.79. The molecule has 2 aromatic rings. The Bertz CT molecular complexity index is 735. The Balaban J connectivity index is 1.80. The molecule has 0 saturated carbocycles. The fourth-order valence-corrected chi connectivity index (χ4v) is 3.65. The molecule has 1 aromatic heterocycles. The number of hydrogen-bond donors (Lipinski definition) is 1. The fourth-order valence-electron chi connectivity index (χ4n) is 3.65. The maximum atomic E-state index is 12.5. The van der Waals surface area contributed by atoms with E-state index in [0.29, 0.717) is 6.54 Å². The minimum absolute atomic E-state index is 0.0222. The molecule has 0 spiro atoms. The number of fused-ring (bicyclic) bond motifs is 1. The van der Waals surface area contributed by atoms with Gasteiger partial charge in [0, 0.05) is 11.4 Å². The van der Waals surface area contributed by atoms with Crippen LogP contribution in [0.5, 0.6) is 0 Å². The van der Waals surface area contributed by atoms with Crippen LogP contribution in [-0.4, -0.2) is 15.5 Å². The zero-order valence-electron chi connectivity index (χ0n) is 14.5. The summed E-state index contributed by atoms with van der Waals surface area (Å²) in [6.45, 7) is 8.50. The van der Waals surface area contributed by atoms with E-state index >= 15 is 0 Å². The van der Waals surface area contributed by atoms with Crippen LogP contribution in [0, 0.1) is 27.7 Å². The molecule has 0 bridgehead atoms. The van der Waals surface area contributed by atoms with Gasteiger partial charge in [0.2, 0.25) is 5.91 Å². The molecule has 0 radical (unpaired) electrons. The van der Waals surface area contributed by atoms with Crippen molar-refractivity contribution in [2.75, 3.05) is 5.32 Å². The molecule has 1 heterocycles. The minimum atomic E-state index is 0.0222. The third kappa shape index (κ3) is 3.16. The molecule has 1 amide bonds. The van der Waals surface area contributed by atoms with Gasteiger partial charge in [-0.2, -0.15) is 0 Å². The molecule has 0 unspecified atom stereocenters. The highest BCUT2D eigenvalue weighted by atomic mass is 16.1. The Morgan fingerprint density at radius 2 is 1.78 bits per heavy atom. The molecule has 122 valence electrons. The van der Waals surface area contributed by atoms with E-state index in [4.69, 9.17) is 0 Å². The first-order valence-electron chi connectivity index (χ1n) is 8.38. The van der Waals surface area contributed by atoms with Gasteiger partial charge < -0.3 is 9.88 Å². The highest BCUT2D eigenvalue weighted by Gasteiger charge is 2.19. The summed E-state index contributed by atoms with van der Waals surface area (Å²) >= 11 is 0. The molecule has 1 N–H and O–H groups in total. The molecule has 0 saturated heterocycles. The first-order valence-corrected chi connectivity index (χ1v) is 8.38. The van der Waals surface area contributed by atoms with Gasteiger partial charge in [0.05, 0.1) is 5.69 Å². The van der Waals surface area contributed by atoms with Crippen LogP contribution >= 0.6 is 0 Å². The number of aromatic nitrogens is 2. The van der Waals surface area contributed by atoms with Crippen molar-refractivity contribution in [3.05, 3.63) is 46.0 Å². The van der Waals surface area contributed by atoms with Crippen LogP contribution < -0.4 is 5.32 Å². The Morgan fingerprint density at radius 3 is 2.48 bits per heavy atom. The normalized spacial score (nSPS) is 13.7. The number of anilines is 1. The van der Waals surface area contributed by atoms with Gasteiger partial charge in [-0.3, -0.25) is 4.79 Å². The van der Waals surface area contributed by atoms with Gasteiger partial charge in [0.15, 0.2) is 0 Å². The quantitative estimate of drug-likeness (QED) is 0.941. The summed E-state index contributed by atoms with van der Waals surface area (Å²) < 4.78 is 2.09. The third-order valence-corrected chi connectivity index (χ3v) is 4.67. The van der Waals surface area contributed by atoms with Crippen LogP contribution in [-0.2, 0) is 24.2 Å². The second kappa shape index (κ2) is 6.19. The molecule has 0 aliphatic heterocycles. The van der Waals surface area contributed by atoms with Crippen molar-refractivity contribution in [1.82, 2.24) is 9.55 Å². The molecular weight excluding hydrogens is 286 g/mol. The molecule has 4 heteroatoms. The summed E-state index contributed by atoms with van der Waals surface area (Å²) in [5.41, 5.74) is 6.82. The van der Waals surface area contributed by atoms with Gasteiger partial charge >= 0.3 is 0 Å². The van der Waals surface area contributed by atoms with Gasteiger partial charge in [0.1, 0.15) is 12.4 Å². The molecule has 1 aliphatic rings. The Labute approximate surface area is 137 Å². The summed E-state index contributed by atoms with van der Waals surface area (Å²) in [4.78, 5) is 17.2. The topological polar surface area (TPSA) is 46.9 Å². The van der Waals surface area contributed by atoms with Crippen molar-refractivity contribution in [1.29, 1.82) is 0 Å². The number of nitrogens with one attached hydrogen (secondary N) is 1. The largest absolute Gasteiger partial charge is 0.324 e. The number of hydrogen-bond acceptors (Lipinski definition) is 2. The smallest absolute Gasteiger partial charge is 0.244 e. The molecule has 0 atom stereocenters. The third-order valence-electron chi connectivity index (χ3n) is 4.67. The second-order valence-electron chi connectivity index (χ2n) is 6.67. The van der Waals surface area contributed by atoms with E-state index in [1.54, 1.807) is 0 Å². The van der Waals surface area contributed by atoms with E-state index in [1.807, 2.05) is 20.8 Å². The second-order valence-corrected chi connectivity index (χ2v) is 6.67. The van der Waals surface area contributed by atoms with Crippen molar-refractivity contribution >= 4 is 11.6 Å². The lowest BCUT2D eigenvalue weighted by Crippen LogP contribution is -2.22. The van der Waals surface area contributed by atoms with E-state index in [9.17, 15) is 4.79 Å². The zero-order chi connectivity index (χ0) is 16.6. The SMILES string of the molecule is Cc1cc(C)c(NC(=O)Cn2c(C)nc3c2CCCC3)c(C)c1. The maximum absolute atomic E-state index is 12.5. The standard InChI is InChI=1S/C19H25N3O/c1-12-9-13(2)19(14(3)10-12)21-18(23)11-22-15(4)20-16-7-5-6-8-17(16)22/h9-10H,5-8,11H2,1-4H3,(H,21,23). The number of imidazole rings is 1. The van der Waals surface area contributed by atoms with Gasteiger partial charge in [-0.05, 0) is 64.5 Å². The van der Waals surface area contributed by atoms with Crippen molar-refractivity contribution < 1.29 is 4.79 Å². The number of carbonyl (C=O) groups is 1. The molecule has 0 fully saturated rings. The summed E-state index contributed by atoms with van der Waals surface area (Å²) in [6, 6.07) is 4.21. The molecule has 3 rings (SSSR count). The van der Waals surface area contributed by atoms with Crippen LogP contribution in [0.25, 0.3) is 0 Å². The van der Waals surface area contributed by atoms with Crippen molar-refractivity contribution in [3.63, 3.8) is 0 Å². The van der Waals surface area contributed by atoms with Crippen LogP contribution in [0.1, 0.15) is 46.7 Å². The highest BCUT2D eigenvalue weighted by molar-refractivity contribution is 5.92. The minimum Gasteiger partial charge on any atom is -0.324 e. The van der Waals surface area contributed by atoms with Crippen LogP contribution in [0.2, 0.25) is 0 Å². The van der Waals surface area contributed by atoms with E-state index in [2.05, 4.69) is 33.9 Å². The Kier molecular flexibility index (Phi) is 4.24. The fraction of sp³-hybridized carbons (Fsp3) is 0.474.